The fourth-order valence-corrected chi connectivity index (χ4v) is 5.13. The van der Waals surface area contributed by atoms with E-state index in [9.17, 15) is 24.6 Å². The molecule has 4 rings (SSSR count). The summed E-state index contributed by atoms with van der Waals surface area (Å²) >= 11 is 0. The Balaban J connectivity index is 1.57. The first-order valence-corrected chi connectivity index (χ1v) is 14.0. The highest BCUT2D eigenvalue weighted by atomic mass is 16.3. The number of aromatic amines is 1. The van der Waals surface area contributed by atoms with Crippen LogP contribution < -0.4 is 10.6 Å². The molecule has 2 aromatic carbocycles. The predicted octanol–water partition coefficient (Wildman–Crippen LogP) is 5.46. The summed E-state index contributed by atoms with van der Waals surface area (Å²) < 4.78 is 0. The highest BCUT2D eigenvalue weighted by Gasteiger charge is 2.33. The van der Waals surface area contributed by atoms with Crippen LogP contribution in [-0.4, -0.2) is 43.8 Å². The number of amides is 2. The summed E-state index contributed by atoms with van der Waals surface area (Å²) in [6.45, 7) is 5.36. The van der Waals surface area contributed by atoms with Crippen LogP contribution in [-0.2, 0) is 4.79 Å². The summed E-state index contributed by atoms with van der Waals surface area (Å²) in [6, 6.07) is 20.7. The number of pyridine rings is 1. The summed E-state index contributed by atoms with van der Waals surface area (Å²) in [4.78, 5) is 47.1. The van der Waals surface area contributed by atoms with Gasteiger partial charge in [0.05, 0.1) is 24.1 Å². The van der Waals surface area contributed by atoms with Crippen molar-refractivity contribution in [1.29, 1.82) is 0 Å². The van der Waals surface area contributed by atoms with Gasteiger partial charge in [0.15, 0.2) is 11.7 Å². The van der Waals surface area contributed by atoms with Gasteiger partial charge in [-0.05, 0) is 41.7 Å². The minimum atomic E-state index is -0.941. The van der Waals surface area contributed by atoms with Gasteiger partial charge in [0.1, 0.15) is 5.69 Å². The van der Waals surface area contributed by atoms with E-state index in [1.54, 1.807) is 12.3 Å². The average Bonchev–Trinajstić information content (AvgIpc) is 3.27. The summed E-state index contributed by atoms with van der Waals surface area (Å²) in [5.74, 6) is -2.34. The average molecular weight is 569 g/mol. The van der Waals surface area contributed by atoms with Gasteiger partial charge < -0.3 is 20.8 Å². The maximum Gasteiger partial charge on any atom is 0.270 e. The van der Waals surface area contributed by atoms with Gasteiger partial charge in [0.25, 0.3) is 5.91 Å². The lowest BCUT2D eigenvalue weighted by Gasteiger charge is -2.27. The minimum Gasteiger partial charge on any atom is -0.494 e. The normalized spacial score (nSPS) is 12.5. The van der Waals surface area contributed by atoms with Crippen LogP contribution in [0, 0.1) is 12.8 Å². The van der Waals surface area contributed by atoms with Crippen LogP contribution in [0.15, 0.2) is 79.0 Å². The second-order valence-corrected chi connectivity index (χ2v) is 10.2. The van der Waals surface area contributed by atoms with E-state index >= 15 is 0 Å². The molecule has 42 heavy (non-hydrogen) atoms. The van der Waals surface area contributed by atoms with E-state index < -0.39 is 35.6 Å². The van der Waals surface area contributed by atoms with E-state index in [4.69, 9.17) is 0 Å². The number of rotatable bonds is 12. The number of benzene rings is 2. The molecule has 2 atom stereocenters. The van der Waals surface area contributed by atoms with E-state index in [2.05, 4.69) is 20.6 Å². The molecule has 0 saturated heterocycles. The molecular weight excluding hydrogens is 532 g/mol. The highest BCUT2D eigenvalue weighted by molar-refractivity contribution is 6.05. The Kier molecular flexibility index (Phi) is 9.75. The maximum absolute atomic E-state index is 13.6. The quantitative estimate of drug-likeness (QED) is 0.144. The first kappa shape index (κ1) is 30.0. The van der Waals surface area contributed by atoms with Crippen molar-refractivity contribution in [1.82, 2.24) is 20.6 Å². The third kappa shape index (κ3) is 6.86. The Morgan fingerprint density at radius 3 is 2.10 bits per heavy atom. The van der Waals surface area contributed by atoms with Crippen molar-refractivity contribution >= 4 is 17.6 Å². The standard InChI is InChI=1S/C33H36N4O5/c1-4-21(5-2)29(30(39)28-20(3)31(40)37-33(28)42)36-27(38)19-25(23-14-10-7-11-15-23)35-32(41)26-18-24(16-17-34-26)22-12-8-6-9-13-22/h6-18,21,25,29,37,40,42H,4-5,19H2,1-3H3,(H,35,41)(H,36,38)/t25-,29?/m0/s1. The van der Waals surface area contributed by atoms with Gasteiger partial charge in [0.2, 0.25) is 11.8 Å². The lowest BCUT2D eigenvalue weighted by molar-refractivity contribution is -0.122. The molecular formula is C33H36N4O5. The van der Waals surface area contributed by atoms with Gasteiger partial charge in [-0.3, -0.25) is 24.4 Å². The number of nitrogens with one attached hydrogen (secondary N) is 3. The molecule has 2 amide bonds. The molecule has 9 nitrogen and oxygen atoms in total. The van der Waals surface area contributed by atoms with Crippen molar-refractivity contribution in [3.05, 3.63) is 101 Å². The Morgan fingerprint density at radius 2 is 1.50 bits per heavy atom. The minimum absolute atomic E-state index is 0.0537. The van der Waals surface area contributed by atoms with E-state index in [-0.39, 0.29) is 35.0 Å². The van der Waals surface area contributed by atoms with Crippen molar-refractivity contribution < 1.29 is 24.6 Å². The Labute approximate surface area is 245 Å². The Hall–Kier alpha value is -4.92. The smallest absolute Gasteiger partial charge is 0.270 e. The predicted molar refractivity (Wildman–Crippen MR) is 160 cm³/mol. The van der Waals surface area contributed by atoms with Crippen molar-refractivity contribution in [3.8, 4) is 22.9 Å². The van der Waals surface area contributed by atoms with Gasteiger partial charge >= 0.3 is 0 Å². The van der Waals surface area contributed by atoms with E-state index in [0.29, 0.717) is 12.8 Å². The summed E-state index contributed by atoms with van der Waals surface area (Å²) in [5, 5.41) is 26.1. The molecule has 0 saturated carbocycles. The van der Waals surface area contributed by atoms with Gasteiger partial charge in [0, 0.05) is 11.8 Å². The van der Waals surface area contributed by atoms with Crippen LogP contribution in [0.4, 0.5) is 0 Å². The lowest BCUT2D eigenvalue weighted by atomic mass is 9.87. The lowest BCUT2D eigenvalue weighted by Crippen LogP contribution is -2.47. The molecule has 1 unspecified atom stereocenters. The van der Waals surface area contributed by atoms with E-state index in [0.717, 1.165) is 16.7 Å². The molecule has 0 fully saturated rings. The van der Waals surface area contributed by atoms with Crippen molar-refractivity contribution in [3.63, 3.8) is 0 Å². The van der Waals surface area contributed by atoms with Crippen LogP contribution in [0.5, 0.6) is 11.8 Å². The number of nitrogens with zero attached hydrogens (tertiary/aromatic N) is 1. The fourth-order valence-electron chi connectivity index (χ4n) is 5.13. The molecule has 0 spiro atoms. The maximum atomic E-state index is 13.6. The second kappa shape index (κ2) is 13.6. The molecule has 0 aliphatic carbocycles. The molecule has 9 heteroatoms. The zero-order valence-electron chi connectivity index (χ0n) is 23.9. The van der Waals surface area contributed by atoms with Gasteiger partial charge in [-0.25, -0.2) is 0 Å². The van der Waals surface area contributed by atoms with Crippen LogP contribution in [0.25, 0.3) is 11.1 Å². The van der Waals surface area contributed by atoms with Gasteiger partial charge in [-0.2, -0.15) is 0 Å². The zero-order valence-corrected chi connectivity index (χ0v) is 23.9. The number of carbonyl (C=O) groups is 3. The fraction of sp³-hybridized carbons (Fsp3) is 0.273. The molecule has 4 aromatic rings. The first-order chi connectivity index (χ1) is 20.2. The topological polar surface area (TPSA) is 144 Å². The Bertz CT molecular complexity index is 1530. The second-order valence-electron chi connectivity index (χ2n) is 10.2. The number of hydrogen-bond donors (Lipinski definition) is 5. The Morgan fingerprint density at radius 1 is 0.857 bits per heavy atom. The largest absolute Gasteiger partial charge is 0.494 e. The monoisotopic (exact) mass is 568 g/mol. The first-order valence-electron chi connectivity index (χ1n) is 14.0. The third-order valence-corrected chi connectivity index (χ3v) is 7.57. The van der Waals surface area contributed by atoms with Gasteiger partial charge in [-0.1, -0.05) is 87.4 Å². The summed E-state index contributed by atoms with van der Waals surface area (Å²) in [5.41, 5.74) is 2.87. The van der Waals surface area contributed by atoms with E-state index in [1.165, 1.54) is 6.92 Å². The zero-order chi connectivity index (χ0) is 30.2. The molecule has 218 valence electrons. The highest BCUT2D eigenvalue weighted by Crippen LogP contribution is 2.31. The molecule has 0 radical (unpaired) electrons. The summed E-state index contributed by atoms with van der Waals surface area (Å²) in [7, 11) is 0. The van der Waals surface area contributed by atoms with Crippen molar-refractivity contribution in [2.45, 2.75) is 52.1 Å². The number of Topliss-reactive ketones (excluding diaryl/α,β-unsaturated/α-hetero) is 1. The van der Waals surface area contributed by atoms with Crippen molar-refractivity contribution in [2.24, 2.45) is 5.92 Å². The SMILES string of the molecule is CCC(CC)C(NC(=O)C[C@H](NC(=O)c1cc(-c2ccccc2)ccn1)c1ccccc1)C(=O)c1c(O)[nH]c(O)c1C. The number of carbonyl (C=O) groups excluding carboxylic acids is 3. The number of aromatic nitrogens is 2. The number of ketones is 1. The van der Waals surface area contributed by atoms with Crippen LogP contribution in [0.1, 0.15) is 71.1 Å². The van der Waals surface area contributed by atoms with Crippen LogP contribution in [0.3, 0.4) is 0 Å². The molecule has 0 bridgehead atoms. The number of hydrogen-bond acceptors (Lipinski definition) is 6. The third-order valence-electron chi connectivity index (χ3n) is 7.57. The molecule has 5 N–H and O–H groups in total. The van der Waals surface area contributed by atoms with Crippen molar-refractivity contribution in [2.75, 3.05) is 0 Å². The molecule has 2 aromatic heterocycles. The van der Waals surface area contributed by atoms with Crippen LogP contribution in [0.2, 0.25) is 0 Å². The summed E-state index contributed by atoms with van der Waals surface area (Å²) in [6.07, 6.45) is 2.64. The van der Waals surface area contributed by atoms with Gasteiger partial charge in [-0.15, -0.1) is 0 Å². The van der Waals surface area contributed by atoms with E-state index in [1.807, 2.05) is 80.6 Å². The number of H-pyrrole nitrogens is 1. The number of aromatic hydroxyl groups is 2. The molecule has 2 heterocycles. The molecule has 0 aliphatic rings. The molecule has 0 aliphatic heterocycles. The van der Waals surface area contributed by atoms with Crippen LogP contribution >= 0.6 is 0 Å².